The van der Waals surface area contributed by atoms with E-state index < -0.39 is 11.6 Å². The van der Waals surface area contributed by atoms with Gasteiger partial charge in [-0.25, -0.2) is 0 Å². The summed E-state index contributed by atoms with van der Waals surface area (Å²) in [4.78, 5) is 10.9. The largest absolute Gasteiger partial charge is 0.481 e. The molecular formula is C14H25NO3. The van der Waals surface area contributed by atoms with Crippen molar-refractivity contribution >= 4 is 5.97 Å². The summed E-state index contributed by atoms with van der Waals surface area (Å²) in [5.74, 6) is -0.969. The number of hydrogen-bond donors (Lipinski definition) is 3. The molecule has 0 spiro atoms. The minimum Gasteiger partial charge on any atom is -0.481 e. The Morgan fingerprint density at radius 1 is 1.28 bits per heavy atom. The van der Waals surface area contributed by atoms with Crippen molar-refractivity contribution in [3.8, 4) is 0 Å². The standard InChI is InChI=1S/C14H25NO3/c1-2-13(6-3-7-13)15-10-14(18)8-4-11(5-9-14)12(16)17/h11,15,18H,2-10H2,1H3,(H,16,17). The predicted octanol–water partition coefficient (Wildman–Crippen LogP) is 1.91. The van der Waals surface area contributed by atoms with Crippen LogP contribution in [0.25, 0.3) is 0 Å². The van der Waals surface area contributed by atoms with Gasteiger partial charge in [-0.05, 0) is 51.4 Å². The molecule has 2 aliphatic carbocycles. The fraction of sp³-hybridized carbons (Fsp3) is 0.929. The second kappa shape index (κ2) is 5.17. The highest BCUT2D eigenvalue weighted by molar-refractivity contribution is 5.70. The average molecular weight is 255 g/mol. The molecule has 2 saturated carbocycles. The lowest BCUT2D eigenvalue weighted by atomic mass is 9.73. The number of carboxylic acid groups (broad SMARTS) is 1. The quantitative estimate of drug-likeness (QED) is 0.702. The summed E-state index contributed by atoms with van der Waals surface area (Å²) in [6, 6.07) is 0. The second-order valence-corrected chi connectivity index (χ2v) is 6.18. The van der Waals surface area contributed by atoms with Gasteiger partial charge in [-0.1, -0.05) is 6.92 Å². The van der Waals surface area contributed by atoms with Gasteiger partial charge in [-0.2, -0.15) is 0 Å². The summed E-state index contributed by atoms with van der Waals surface area (Å²) in [7, 11) is 0. The first kappa shape index (κ1) is 13.8. The van der Waals surface area contributed by atoms with Gasteiger partial charge in [-0.3, -0.25) is 4.79 Å². The molecule has 0 unspecified atom stereocenters. The smallest absolute Gasteiger partial charge is 0.306 e. The van der Waals surface area contributed by atoms with E-state index in [1.807, 2.05) is 0 Å². The SMILES string of the molecule is CCC1(NCC2(O)CCC(C(=O)O)CC2)CCC1. The lowest BCUT2D eigenvalue weighted by Crippen LogP contribution is -2.56. The van der Waals surface area contributed by atoms with Crippen molar-refractivity contribution in [1.29, 1.82) is 0 Å². The Balaban J connectivity index is 1.81. The van der Waals surface area contributed by atoms with Crippen LogP contribution in [0.15, 0.2) is 0 Å². The van der Waals surface area contributed by atoms with Gasteiger partial charge in [0.25, 0.3) is 0 Å². The Morgan fingerprint density at radius 3 is 2.28 bits per heavy atom. The van der Waals surface area contributed by atoms with Crippen molar-refractivity contribution in [3.05, 3.63) is 0 Å². The lowest BCUT2D eigenvalue weighted by molar-refractivity contribution is -0.144. The molecule has 0 aromatic heterocycles. The Hall–Kier alpha value is -0.610. The van der Waals surface area contributed by atoms with E-state index in [2.05, 4.69) is 12.2 Å². The monoisotopic (exact) mass is 255 g/mol. The van der Waals surface area contributed by atoms with Crippen LogP contribution in [-0.2, 0) is 4.79 Å². The molecule has 0 saturated heterocycles. The van der Waals surface area contributed by atoms with Crippen molar-refractivity contribution in [2.45, 2.75) is 69.4 Å². The molecule has 4 heteroatoms. The van der Waals surface area contributed by atoms with Crippen LogP contribution >= 0.6 is 0 Å². The summed E-state index contributed by atoms with van der Waals surface area (Å²) in [6.07, 6.45) is 7.22. The molecule has 0 amide bonds. The topological polar surface area (TPSA) is 69.6 Å². The molecular weight excluding hydrogens is 230 g/mol. The maximum Gasteiger partial charge on any atom is 0.306 e. The van der Waals surface area contributed by atoms with Gasteiger partial charge >= 0.3 is 5.97 Å². The Bertz CT molecular complexity index is 299. The molecule has 4 nitrogen and oxygen atoms in total. The van der Waals surface area contributed by atoms with Gasteiger partial charge < -0.3 is 15.5 Å². The molecule has 2 fully saturated rings. The zero-order chi connectivity index (χ0) is 13.2. The van der Waals surface area contributed by atoms with E-state index >= 15 is 0 Å². The van der Waals surface area contributed by atoms with E-state index in [9.17, 15) is 9.90 Å². The summed E-state index contributed by atoms with van der Waals surface area (Å²) in [6.45, 7) is 2.81. The number of carbonyl (C=O) groups is 1. The summed E-state index contributed by atoms with van der Waals surface area (Å²) in [5.41, 5.74) is -0.441. The third-order valence-corrected chi connectivity index (χ3v) is 5.05. The third kappa shape index (κ3) is 2.86. The summed E-state index contributed by atoms with van der Waals surface area (Å²) in [5, 5.41) is 23.0. The maximum absolute atomic E-state index is 10.9. The van der Waals surface area contributed by atoms with Gasteiger partial charge in [0.15, 0.2) is 0 Å². The molecule has 2 rings (SSSR count). The van der Waals surface area contributed by atoms with Crippen LogP contribution in [0.4, 0.5) is 0 Å². The molecule has 2 aliphatic rings. The van der Waals surface area contributed by atoms with Crippen LogP contribution < -0.4 is 5.32 Å². The number of hydrogen-bond acceptors (Lipinski definition) is 3. The first-order chi connectivity index (χ1) is 8.49. The highest BCUT2D eigenvalue weighted by Crippen LogP contribution is 2.37. The van der Waals surface area contributed by atoms with E-state index in [1.165, 1.54) is 19.3 Å². The highest BCUT2D eigenvalue weighted by atomic mass is 16.4. The van der Waals surface area contributed by atoms with Crippen LogP contribution in [0.3, 0.4) is 0 Å². The first-order valence-corrected chi connectivity index (χ1v) is 7.19. The van der Waals surface area contributed by atoms with Crippen molar-refractivity contribution in [3.63, 3.8) is 0 Å². The fourth-order valence-corrected chi connectivity index (χ4v) is 3.19. The number of rotatable bonds is 5. The molecule has 0 aliphatic heterocycles. The second-order valence-electron chi connectivity index (χ2n) is 6.18. The van der Waals surface area contributed by atoms with E-state index in [-0.39, 0.29) is 11.5 Å². The Labute approximate surface area is 109 Å². The zero-order valence-corrected chi connectivity index (χ0v) is 11.2. The van der Waals surface area contributed by atoms with Crippen molar-refractivity contribution in [2.75, 3.05) is 6.54 Å². The van der Waals surface area contributed by atoms with Gasteiger partial charge in [0.05, 0.1) is 11.5 Å². The van der Waals surface area contributed by atoms with Gasteiger partial charge in [0, 0.05) is 12.1 Å². The number of aliphatic carboxylic acids is 1. The first-order valence-electron chi connectivity index (χ1n) is 7.19. The molecule has 0 radical (unpaired) electrons. The van der Waals surface area contributed by atoms with Gasteiger partial charge in [-0.15, -0.1) is 0 Å². The number of β-amino-alcohol motifs (C(OH)–C–C–N with tert-alkyl or cyclic N) is 1. The van der Waals surface area contributed by atoms with Crippen molar-refractivity contribution in [2.24, 2.45) is 5.92 Å². The van der Waals surface area contributed by atoms with Gasteiger partial charge in [0.2, 0.25) is 0 Å². The van der Waals surface area contributed by atoms with E-state index in [0.29, 0.717) is 32.2 Å². The molecule has 0 aromatic rings. The Kier molecular flexibility index (Phi) is 3.97. The minimum absolute atomic E-state index is 0.249. The molecule has 0 bridgehead atoms. The van der Waals surface area contributed by atoms with E-state index in [0.717, 1.165) is 6.42 Å². The lowest BCUT2D eigenvalue weighted by Gasteiger charge is -2.45. The van der Waals surface area contributed by atoms with Crippen LogP contribution in [0.5, 0.6) is 0 Å². The molecule has 104 valence electrons. The highest BCUT2D eigenvalue weighted by Gasteiger charge is 2.40. The number of aliphatic hydroxyl groups is 1. The van der Waals surface area contributed by atoms with E-state index in [1.54, 1.807) is 0 Å². The van der Waals surface area contributed by atoms with Crippen molar-refractivity contribution < 1.29 is 15.0 Å². The average Bonchev–Trinajstić information content (AvgIpc) is 2.29. The van der Waals surface area contributed by atoms with Crippen LogP contribution in [0.1, 0.15) is 58.3 Å². The van der Waals surface area contributed by atoms with Crippen LogP contribution in [-0.4, -0.2) is 33.9 Å². The number of nitrogens with one attached hydrogen (secondary N) is 1. The summed E-state index contributed by atoms with van der Waals surface area (Å²) >= 11 is 0. The molecule has 0 heterocycles. The molecule has 3 N–H and O–H groups in total. The third-order valence-electron chi connectivity index (χ3n) is 5.05. The molecule has 0 aromatic carbocycles. The minimum atomic E-state index is -0.714. The molecule has 18 heavy (non-hydrogen) atoms. The van der Waals surface area contributed by atoms with Crippen LogP contribution in [0, 0.1) is 5.92 Å². The van der Waals surface area contributed by atoms with Crippen LogP contribution in [0.2, 0.25) is 0 Å². The number of carboxylic acids is 1. The Morgan fingerprint density at radius 2 is 1.89 bits per heavy atom. The van der Waals surface area contributed by atoms with E-state index in [4.69, 9.17) is 5.11 Å². The van der Waals surface area contributed by atoms with Crippen molar-refractivity contribution in [1.82, 2.24) is 5.32 Å². The zero-order valence-electron chi connectivity index (χ0n) is 11.2. The fourth-order valence-electron chi connectivity index (χ4n) is 3.19. The maximum atomic E-state index is 10.9. The predicted molar refractivity (Wildman–Crippen MR) is 69.4 cm³/mol. The molecule has 0 atom stereocenters. The van der Waals surface area contributed by atoms with Gasteiger partial charge in [0.1, 0.15) is 0 Å². The normalized spacial score (nSPS) is 34.9. The summed E-state index contributed by atoms with van der Waals surface area (Å²) < 4.78 is 0.